The molecule has 0 aliphatic rings. The molecule has 0 saturated carbocycles. The van der Waals surface area contributed by atoms with Gasteiger partial charge in [0.1, 0.15) is 0 Å². The van der Waals surface area contributed by atoms with Crippen LogP contribution in [0.25, 0.3) is 32.3 Å². The van der Waals surface area contributed by atoms with Gasteiger partial charge in [-0.15, -0.1) is 11.3 Å². The zero-order valence-corrected chi connectivity index (χ0v) is 17.8. The molecule has 0 fully saturated rings. The number of primary sulfonamides is 1. The van der Waals surface area contributed by atoms with Gasteiger partial charge in [0.2, 0.25) is 15.8 Å². The number of aromatic amines is 1. The van der Waals surface area contributed by atoms with Crippen molar-refractivity contribution < 1.29 is 21.6 Å². The van der Waals surface area contributed by atoms with Crippen LogP contribution < -0.4 is 5.14 Å². The number of aromatic nitrogens is 2. The van der Waals surface area contributed by atoms with Crippen LogP contribution in [0.4, 0.5) is 13.2 Å². The van der Waals surface area contributed by atoms with E-state index in [4.69, 9.17) is 16.7 Å². The lowest BCUT2D eigenvalue weighted by molar-refractivity contribution is -0.144. The van der Waals surface area contributed by atoms with E-state index in [0.29, 0.717) is 20.9 Å². The molecule has 5 nitrogen and oxygen atoms in total. The van der Waals surface area contributed by atoms with Gasteiger partial charge < -0.3 is 4.98 Å². The molecule has 2 heterocycles. The normalized spacial score (nSPS) is 12.3. The Morgan fingerprint density at radius 2 is 1.71 bits per heavy atom. The summed E-state index contributed by atoms with van der Waals surface area (Å²) in [7, 11) is -3.89. The van der Waals surface area contributed by atoms with E-state index in [-0.39, 0.29) is 21.3 Å². The molecular weight excluding hydrogens is 471 g/mol. The molecule has 3 N–H and O–H groups in total. The Morgan fingerprint density at radius 3 is 2.39 bits per heavy atom. The minimum atomic E-state index is -4.67. The minimum Gasteiger partial charge on any atom is -0.333 e. The fourth-order valence-electron chi connectivity index (χ4n) is 2.99. The molecule has 2 aromatic heterocycles. The first kappa shape index (κ1) is 21.6. The van der Waals surface area contributed by atoms with Crippen molar-refractivity contribution in [2.75, 3.05) is 0 Å². The monoisotopic (exact) mass is 483 g/mol. The zero-order chi connectivity index (χ0) is 22.4. The van der Waals surface area contributed by atoms with E-state index < -0.39 is 22.0 Å². The second-order valence-electron chi connectivity index (χ2n) is 6.52. The number of nitrogens with zero attached hydrogens (tertiary/aromatic N) is 1. The van der Waals surface area contributed by atoms with Crippen molar-refractivity contribution in [2.45, 2.75) is 11.1 Å². The van der Waals surface area contributed by atoms with Crippen LogP contribution >= 0.6 is 22.9 Å². The third-order valence-corrected chi connectivity index (χ3v) is 6.79. The van der Waals surface area contributed by atoms with Gasteiger partial charge in [-0.3, -0.25) is 0 Å². The van der Waals surface area contributed by atoms with Crippen molar-refractivity contribution in [3.05, 3.63) is 71.5 Å². The van der Waals surface area contributed by atoms with Crippen LogP contribution in [0.3, 0.4) is 0 Å². The minimum absolute atomic E-state index is 0.0578. The van der Waals surface area contributed by atoms with Gasteiger partial charge in [0, 0.05) is 10.4 Å². The molecule has 0 bridgehead atoms. The molecular formula is C20H13ClF3N3O2S2. The first-order chi connectivity index (χ1) is 14.5. The summed E-state index contributed by atoms with van der Waals surface area (Å²) in [4.78, 5) is 7.20. The van der Waals surface area contributed by atoms with Crippen LogP contribution in [0.2, 0.25) is 5.02 Å². The van der Waals surface area contributed by atoms with Crippen LogP contribution in [0.5, 0.6) is 0 Å². The van der Waals surface area contributed by atoms with Gasteiger partial charge >= 0.3 is 6.18 Å². The summed E-state index contributed by atoms with van der Waals surface area (Å²) >= 11 is 7.38. The highest BCUT2D eigenvalue weighted by Gasteiger charge is 2.36. The number of imidazole rings is 1. The van der Waals surface area contributed by atoms with E-state index in [1.54, 1.807) is 48.5 Å². The van der Waals surface area contributed by atoms with Gasteiger partial charge in [-0.1, -0.05) is 41.9 Å². The van der Waals surface area contributed by atoms with Crippen molar-refractivity contribution in [3.63, 3.8) is 0 Å². The molecule has 0 spiro atoms. The summed E-state index contributed by atoms with van der Waals surface area (Å²) in [5.41, 5.74) is 1.17. The first-order valence-corrected chi connectivity index (χ1v) is 11.4. The Labute approximate surface area is 184 Å². The quantitative estimate of drug-likeness (QED) is 0.385. The molecule has 0 saturated heterocycles. The fourth-order valence-corrected chi connectivity index (χ4v) is 4.78. The lowest BCUT2D eigenvalue weighted by atomic mass is 10.1. The molecule has 0 amide bonds. The van der Waals surface area contributed by atoms with E-state index >= 15 is 0 Å². The average molecular weight is 484 g/mol. The van der Waals surface area contributed by atoms with E-state index in [9.17, 15) is 21.6 Å². The maximum absolute atomic E-state index is 13.3. The third kappa shape index (κ3) is 4.38. The SMILES string of the molecule is NS(=O)(=O)c1cccc(-c2ccc(-c3[nH]c(C(F)(F)F)nc3-c3ccccc3Cl)s2)c1. The Morgan fingerprint density at radius 1 is 1.00 bits per heavy atom. The Hall–Kier alpha value is -2.66. The lowest BCUT2D eigenvalue weighted by Gasteiger charge is -2.03. The van der Waals surface area contributed by atoms with Gasteiger partial charge in [0.25, 0.3) is 0 Å². The van der Waals surface area contributed by atoms with Crippen LogP contribution in [0.15, 0.2) is 65.6 Å². The lowest BCUT2D eigenvalue weighted by Crippen LogP contribution is -2.11. The average Bonchev–Trinajstić information content (AvgIpc) is 3.35. The number of sulfonamides is 1. The largest absolute Gasteiger partial charge is 0.449 e. The van der Waals surface area contributed by atoms with E-state index in [1.165, 1.54) is 23.5 Å². The van der Waals surface area contributed by atoms with E-state index in [0.717, 1.165) is 0 Å². The van der Waals surface area contributed by atoms with Gasteiger partial charge in [-0.05, 0) is 35.9 Å². The third-order valence-electron chi connectivity index (χ3n) is 4.40. The van der Waals surface area contributed by atoms with Crippen LogP contribution in [0, 0.1) is 0 Å². The Kier molecular flexibility index (Phi) is 5.42. The van der Waals surface area contributed by atoms with Crippen LogP contribution in [-0.2, 0) is 16.2 Å². The van der Waals surface area contributed by atoms with Gasteiger partial charge in [0.05, 0.1) is 26.2 Å². The molecule has 160 valence electrons. The van der Waals surface area contributed by atoms with Crippen molar-refractivity contribution in [1.29, 1.82) is 0 Å². The standard InChI is InChI=1S/C20H13ClF3N3O2S2/c21-14-7-2-1-6-13(14)17-18(27-19(26-17)20(22,23)24)16-9-8-15(30-16)11-4-3-5-12(10-11)31(25,28)29/h1-10H,(H,26,27)(H2,25,28,29). The maximum atomic E-state index is 13.3. The number of thiophene rings is 1. The smallest absolute Gasteiger partial charge is 0.333 e. The number of rotatable bonds is 4. The Balaban J connectivity index is 1.84. The van der Waals surface area contributed by atoms with Gasteiger partial charge in [0.15, 0.2) is 0 Å². The molecule has 4 rings (SSSR count). The molecule has 0 aliphatic carbocycles. The molecule has 11 heteroatoms. The number of nitrogens with two attached hydrogens (primary N) is 1. The van der Waals surface area contributed by atoms with Crippen molar-refractivity contribution in [2.24, 2.45) is 5.14 Å². The first-order valence-electron chi connectivity index (χ1n) is 8.69. The number of hydrogen-bond acceptors (Lipinski definition) is 4. The number of H-pyrrole nitrogens is 1. The molecule has 2 aromatic carbocycles. The van der Waals surface area contributed by atoms with Crippen LogP contribution in [0.1, 0.15) is 5.82 Å². The number of alkyl halides is 3. The van der Waals surface area contributed by atoms with Crippen LogP contribution in [-0.4, -0.2) is 18.4 Å². The predicted molar refractivity (Wildman–Crippen MR) is 114 cm³/mol. The predicted octanol–water partition coefficient (Wildman–Crippen LogP) is 5.79. The number of nitrogens with one attached hydrogen (secondary N) is 1. The van der Waals surface area contributed by atoms with Crippen molar-refractivity contribution >= 4 is 33.0 Å². The summed E-state index contributed by atoms with van der Waals surface area (Å²) in [6.07, 6.45) is -4.67. The van der Waals surface area contributed by atoms with Crippen molar-refractivity contribution in [1.82, 2.24) is 9.97 Å². The Bertz CT molecular complexity index is 1380. The highest BCUT2D eigenvalue weighted by Crippen LogP contribution is 2.42. The zero-order valence-electron chi connectivity index (χ0n) is 15.4. The molecule has 0 unspecified atom stereocenters. The second kappa shape index (κ2) is 7.79. The topological polar surface area (TPSA) is 88.8 Å². The second-order valence-corrected chi connectivity index (χ2v) is 9.58. The maximum Gasteiger partial charge on any atom is 0.449 e. The van der Waals surface area contributed by atoms with Gasteiger partial charge in [-0.2, -0.15) is 13.2 Å². The molecule has 0 atom stereocenters. The molecule has 31 heavy (non-hydrogen) atoms. The number of hydrogen-bond donors (Lipinski definition) is 2. The summed E-state index contributed by atoms with van der Waals surface area (Å²) in [6.45, 7) is 0. The number of halogens is 4. The highest BCUT2D eigenvalue weighted by molar-refractivity contribution is 7.89. The van der Waals surface area contributed by atoms with Gasteiger partial charge in [-0.25, -0.2) is 18.5 Å². The fraction of sp³-hybridized carbons (Fsp3) is 0.0500. The highest BCUT2D eigenvalue weighted by atomic mass is 35.5. The summed E-state index contributed by atoms with van der Waals surface area (Å²) < 4.78 is 63.3. The van der Waals surface area contributed by atoms with Crippen molar-refractivity contribution in [3.8, 4) is 32.3 Å². The molecule has 4 aromatic rings. The molecule has 0 radical (unpaired) electrons. The summed E-state index contributed by atoms with van der Waals surface area (Å²) in [5.74, 6) is -1.14. The van der Waals surface area contributed by atoms with E-state index in [1.807, 2.05) is 0 Å². The van der Waals surface area contributed by atoms with E-state index in [2.05, 4.69) is 9.97 Å². The number of benzene rings is 2. The molecule has 0 aliphatic heterocycles. The summed E-state index contributed by atoms with van der Waals surface area (Å²) in [6, 6.07) is 15.8. The summed E-state index contributed by atoms with van der Waals surface area (Å²) in [5, 5.41) is 5.45.